The molecule has 0 aliphatic heterocycles. The van der Waals surface area contributed by atoms with Gasteiger partial charge in [-0.05, 0) is 24.3 Å². The van der Waals surface area contributed by atoms with Gasteiger partial charge in [-0.15, -0.1) is 0 Å². The average Bonchev–Trinajstić information content (AvgIpc) is 2.73. The van der Waals surface area contributed by atoms with Gasteiger partial charge in [0.05, 0.1) is 33.1 Å². The van der Waals surface area contributed by atoms with Crippen LogP contribution in [0.25, 0.3) is 5.69 Å². The molecule has 0 bridgehead atoms. The van der Waals surface area contributed by atoms with Gasteiger partial charge in [0.2, 0.25) is 0 Å². The highest BCUT2D eigenvalue weighted by Gasteiger charge is 2.19. The molecule has 0 saturated carbocycles. The third-order valence-electron chi connectivity index (χ3n) is 4.01. The van der Waals surface area contributed by atoms with Gasteiger partial charge in [-0.2, -0.15) is 9.78 Å². The van der Waals surface area contributed by atoms with E-state index in [9.17, 15) is 14.0 Å². The Hall–Kier alpha value is -3.88. The van der Waals surface area contributed by atoms with Crippen LogP contribution in [0.2, 0.25) is 0 Å². The number of hydrogen-bond donors (Lipinski definition) is 1. The first-order valence-electron chi connectivity index (χ1n) is 8.44. The van der Waals surface area contributed by atoms with Gasteiger partial charge in [0, 0.05) is 23.9 Å². The number of benzene rings is 2. The molecule has 8 nitrogen and oxygen atoms in total. The van der Waals surface area contributed by atoms with Gasteiger partial charge in [0.1, 0.15) is 17.3 Å². The molecule has 3 aromatic rings. The summed E-state index contributed by atoms with van der Waals surface area (Å²) < 4.78 is 29.7. The fraction of sp³-hybridized carbons (Fsp3) is 0.150. The number of amides is 1. The first-order chi connectivity index (χ1) is 13.9. The second kappa shape index (κ2) is 8.42. The minimum Gasteiger partial charge on any atom is -0.497 e. The second-order valence-corrected chi connectivity index (χ2v) is 5.84. The van der Waals surface area contributed by atoms with Gasteiger partial charge in [0.25, 0.3) is 11.5 Å². The zero-order valence-corrected chi connectivity index (χ0v) is 15.9. The molecule has 29 heavy (non-hydrogen) atoms. The summed E-state index contributed by atoms with van der Waals surface area (Å²) in [5.74, 6) is -0.110. The van der Waals surface area contributed by atoms with E-state index in [0.29, 0.717) is 22.9 Å². The Labute approximate surface area is 165 Å². The maximum absolute atomic E-state index is 13.2. The van der Waals surface area contributed by atoms with Crippen molar-refractivity contribution in [1.29, 1.82) is 0 Å². The second-order valence-electron chi connectivity index (χ2n) is 5.84. The lowest BCUT2D eigenvalue weighted by Crippen LogP contribution is -2.26. The Morgan fingerprint density at radius 1 is 0.966 bits per heavy atom. The standard InChI is InChI=1S/C20H18FN3O5/c1-27-15-8-13(9-16(10-15)28-2)22-20(26)19-17(29-3)11-18(25)24(23-19)14-6-4-12(21)5-7-14/h4-11H,1-3H3,(H,22,26). The third-order valence-corrected chi connectivity index (χ3v) is 4.01. The van der Waals surface area contributed by atoms with Crippen LogP contribution >= 0.6 is 0 Å². The molecule has 0 fully saturated rings. The number of anilines is 1. The summed E-state index contributed by atoms with van der Waals surface area (Å²) in [5, 5.41) is 6.78. The largest absolute Gasteiger partial charge is 0.497 e. The number of nitrogens with zero attached hydrogens (tertiary/aromatic N) is 2. The van der Waals surface area contributed by atoms with Crippen molar-refractivity contribution in [3.63, 3.8) is 0 Å². The average molecular weight is 399 g/mol. The van der Waals surface area contributed by atoms with Gasteiger partial charge >= 0.3 is 0 Å². The van der Waals surface area contributed by atoms with Crippen LogP contribution in [0.15, 0.2) is 53.3 Å². The number of nitrogens with one attached hydrogen (secondary N) is 1. The van der Waals surface area contributed by atoms with Gasteiger partial charge in [-0.1, -0.05) is 0 Å². The summed E-state index contributed by atoms with van der Waals surface area (Å²) in [6.07, 6.45) is 0. The van der Waals surface area contributed by atoms with Crippen LogP contribution in [0.4, 0.5) is 10.1 Å². The van der Waals surface area contributed by atoms with E-state index in [1.807, 2.05) is 0 Å². The first-order valence-corrected chi connectivity index (χ1v) is 8.44. The van der Waals surface area contributed by atoms with Crippen LogP contribution in [0, 0.1) is 5.82 Å². The number of rotatable bonds is 6. The molecule has 0 saturated heterocycles. The molecule has 0 aliphatic carbocycles. The van der Waals surface area contributed by atoms with Crippen LogP contribution in [0.5, 0.6) is 17.2 Å². The van der Waals surface area contributed by atoms with Gasteiger partial charge in [-0.25, -0.2) is 4.39 Å². The van der Waals surface area contributed by atoms with E-state index < -0.39 is 17.3 Å². The fourth-order valence-electron chi connectivity index (χ4n) is 2.59. The zero-order chi connectivity index (χ0) is 21.0. The van der Waals surface area contributed by atoms with E-state index in [2.05, 4.69) is 10.4 Å². The number of ether oxygens (including phenoxy) is 3. The van der Waals surface area contributed by atoms with Crippen molar-refractivity contribution in [1.82, 2.24) is 9.78 Å². The van der Waals surface area contributed by atoms with Crippen molar-refractivity contribution in [2.24, 2.45) is 0 Å². The number of aromatic nitrogens is 2. The van der Waals surface area contributed by atoms with Crippen LogP contribution < -0.4 is 25.1 Å². The van der Waals surface area contributed by atoms with Crippen LogP contribution in [-0.2, 0) is 0 Å². The Morgan fingerprint density at radius 2 is 1.59 bits per heavy atom. The lowest BCUT2D eigenvalue weighted by atomic mass is 10.2. The normalized spacial score (nSPS) is 10.3. The number of carbonyl (C=O) groups excluding carboxylic acids is 1. The van der Waals surface area contributed by atoms with Crippen molar-refractivity contribution in [3.05, 3.63) is 70.4 Å². The summed E-state index contributed by atoms with van der Waals surface area (Å²) in [7, 11) is 4.30. The van der Waals surface area contributed by atoms with E-state index in [1.54, 1.807) is 18.2 Å². The van der Waals surface area contributed by atoms with E-state index >= 15 is 0 Å². The smallest absolute Gasteiger partial charge is 0.280 e. The molecule has 3 rings (SSSR count). The summed E-state index contributed by atoms with van der Waals surface area (Å²) in [6.45, 7) is 0. The van der Waals surface area contributed by atoms with Gasteiger partial charge in [0.15, 0.2) is 11.4 Å². The zero-order valence-electron chi connectivity index (χ0n) is 15.9. The molecular formula is C20H18FN3O5. The van der Waals surface area contributed by atoms with Crippen LogP contribution in [0.3, 0.4) is 0 Å². The van der Waals surface area contributed by atoms with Gasteiger partial charge < -0.3 is 19.5 Å². The molecule has 0 radical (unpaired) electrons. The quantitative estimate of drug-likeness (QED) is 0.685. The molecule has 1 aromatic heterocycles. The minimum atomic E-state index is -0.618. The Balaban J connectivity index is 2.01. The van der Waals surface area contributed by atoms with Crippen LogP contribution in [0.1, 0.15) is 10.5 Å². The van der Waals surface area contributed by atoms with Crippen molar-refractivity contribution in [3.8, 4) is 22.9 Å². The minimum absolute atomic E-state index is 0.000669. The van der Waals surface area contributed by atoms with E-state index in [0.717, 1.165) is 10.7 Å². The topological polar surface area (TPSA) is 91.7 Å². The van der Waals surface area contributed by atoms with Crippen LogP contribution in [-0.4, -0.2) is 37.0 Å². The number of halogens is 1. The SMILES string of the molecule is COc1cc(NC(=O)c2nn(-c3ccc(F)cc3)c(=O)cc2OC)cc(OC)c1. The van der Waals surface area contributed by atoms with E-state index in [-0.39, 0.29) is 11.4 Å². The number of methoxy groups -OCH3 is 3. The van der Waals surface area contributed by atoms with Crippen molar-refractivity contribution in [2.75, 3.05) is 26.6 Å². The number of carbonyl (C=O) groups is 1. The maximum Gasteiger partial charge on any atom is 0.280 e. The molecule has 0 atom stereocenters. The highest BCUT2D eigenvalue weighted by molar-refractivity contribution is 6.04. The van der Waals surface area contributed by atoms with Crippen molar-refractivity contribution < 1.29 is 23.4 Å². The maximum atomic E-state index is 13.2. The molecule has 1 heterocycles. The molecule has 150 valence electrons. The molecule has 2 aromatic carbocycles. The molecule has 1 amide bonds. The molecule has 0 unspecified atom stereocenters. The Morgan fingerprint density at radius 3 is 2.14 bits per heavy atom. The Bertz CT molecular complexity index is 1070. The highest BCUT2D eigenvalue weighted by Crippen LogP contribution is 2.26. The molecular weight excluding hydrogens is 381 g/mol. The lowest BCUT2D eigenvalue weighted by molar-refractivity contribution is 0.101. The summed E-state index contributed by atoms with van der Waals surface area (Å²) >= 11 is 0. The molecule has 1 N–H and O–H groups in total. The third kappa shape index (κ3) is 4.34. The summed E-state index contributed by atoms with van der Waals surface area (Å²) in [5.41, 5.74) is 0.0389. The predicted octanol–water partition coefficient (Wildman–Crippen LogP) is 2.65. The van der Waals surface area contributed by atoms with Crippen molar-refractivity contribution >= 4 is 11.6 Å². The highest BCUT2D eigenvalue weighted by atomic mass is 19.1. The first kappa shape index (κ1) is 19.9. The number of hydrogen-bond acceptors (Lipinski definition) is 6. The molecule has 0 spiro atoms. The monoisotopic (exact) mass is 399 g/mol. The fourth-order valence-corrected chi connectivity index (χ4v) is 2.59. The molecule has 9 heteroatoms. The summed E-state index contributed by atoms with van der Waals surface area (Å²) in [6, 6.07) is 11.1. The molecule has 0 aliphatic rings. The lowest BCUT2D eigenvalue weighted by Gasteiger charge is -2.13. The van der Waals surface area contributed by atoms with E-state index in [1.165, 1.54) is 45.6 Å². The van der Waals surface area contributed by atoms with Gasteiger partial charge in [-0.3, -0.25) is 9.59 Å². The Kier molecular flexibility index (Phi) is 5.77. The predicted molar refractivity (Wildman–Crippen MR) is 104 cm³/mol. The summed E-state index contributed by atoms with van der Waals surface area (Å²) in [4.78, 5) is 25.2. The van der Waals surface area contributed by atoms with E-state index in [4.69, 9.17) is 14.2 Å². The van der Waals surface area contributed by atoms with Crippen molar-refractivity contribution in [2.45, 2.75) is 0 Å².